The quantitative estimate of drug-likeness (QED) is 0.800. The molecule has 1 heterocycles. The standard InChI is InChI=1S/C15H16N2O4/c1-10-2-3-11(4-5-14(19)20)8-12(10)15(21)17-7-6-16-13(18)9-17/h2-5,8H,6-7,9H2,1H3,(H,16,18)(H,19,20). The molecule has 0 spiro atoms. The molecule has 1 aromatic carbocycles. The maximum Gasteiger partial charge on any atom is 0.328 e. The SMILES string of the molecule is Cc1ccc(C=CC(=O)O)cc1C(=O)N1CCNC(=O)C1. The Balaban J connectivity index is 2.25. The van der Waals surface area contributed by atoms with E-state index in [1.807, 2.05) is 6.92 Å². The monoisotopic (exact) mass is 288 g/mol. The van der Waals surface area contributed by atoms with Crippen molar-refractivity contribution < 1.29 is 19.5 Å². The van der Waals surface area contributed by atoms with Crippen LogP contribution >= 0.6 is 0 Å². The van der Waals surface area contributed by atoms with Crippen LogP contribution in [-0.4, -0.2) is 47.4 Å². The van der Waals surface area contributed by atoms with Crippen LogP contribution in [0.2, 0.25) is 0 Å². The zero-order chi connectivity index (χ0) is 15.4. The van der Waals surface area contributed by atoms with E-state index in [2.05, 4.69) is 5.32 Å². The molecular formula is C15H16N2O4. The number of aliphatic carboxylic acids is 1. The van der Waals surface area contributed by atoms with Gasteiger partial charge in [-0.05, 0) is 30.2 Å². The highest BCUT2D eigenvalue weighted by atomic mass is 16.4. The van der Waals surface area contributed by atoms with Crippen LogP contribution in [0.15, 0.2) is 24.3 Å². The van der Waals surface area contributed by atoms with E-state index in [0.717, 1.165) is 11.6 Å². The maximum absolute atomic E-state index is 12.5. The van der Waals surface area contributed by atoms with E-state index in [1.54, 1.807) is 18.2 Å². The number of carbonyl (C=O) groups is 3. The molecule has 6 heteroatoms. The van der Waals surface area contributed by atoms with Crippen molar-refractivity contribution in [3.63, 3.8) is 0 Å². The summed E-state index contributed by atoms with van der Waals surface area (Å²) < 4.78 is 0. The molecule has 0 aromatic heterocycles. The number of carboxylic acids is 1. The van der Waals surface area contributed by atoms with Crippen LogP contribution in [0.4, 0.5) is 0 Å². The number of benzene rings is 1. The van der Waals surface area contributed by atoms with Crippen molar-refractivity contribution >= 4 is 23.9 Å². The summed E-state index contributed by atoms with van der Waals surface area (Å²) in [7, 11) is 0. The Morgan fingerprint density at radius 1 is 1.38 bits per heavy atom. The largest absolute Gasteiger partial charge is 0.478 e. The smallest absolute Gasteiger partial charge is 0.328 e. The lowest BCUT2D eigenvalue weighted by Gasteiger charge is -2.27. The molecule has 0 unspecified atom stereocenters. The molecule has 1 aliphatic heterocycles. The molecule has 1 fully saturated rings. The molecule has 21 heavy (non-hydrogen) atoms. The van der Waals surface area contributed by atoms with E-state index in [9.17, 15) is 14.4 Å². The highest BCUT2D eigenvalue weighted by molar-refractivity contribution is 5.99. The Bertz CT molecular complexity index is 622. The van der Waals surface area contributed by atoms with Crippen molar-refractivity contribution in [2.75, 3.05) is 19.6 Å². The number of nitrogens with zero attached hydrogens (tertiary/aromatic N) is 1. The van der Waals surface area contributed by atoms with Crippen molar-refractivity contribution in [1.29, 1.82) is 0 Å². The Kier molecular flexibility index (Phi) is 4.37. The Morgan fingerprint density at radius 2 is 2.14 bits per heavy atom. The predicted octanol–water partition coefficient (Wildman–Crippen LogP) is 0.665. The molecule has 2 amide bonds. The minimum absolute atomic E-state index is 0.0491. The zero-order valence-corrected chi connectivity index (χ0v) is 11.6. The van der Waals surface area contributed by atoms with Crippen LogP contribution in [0.5, 0.6) is 0 Å². The van der Waals surface area contributed by atoms with Gasteiger partial charge in [-0.1, -0.05) is 12.1 Å². The first-order valence-corrected chi connectivity index (χ1v) is 6.55. The van der Waals surface area contributed by atoms with E-state index in [4.69, 9.17) is 5.11 Å². The molecular weight excluding hydrogens is 272 g/mol. The van der Waals surface area contributed by atoms with E-state index in [0.29, 0.717) is 24.2 Å². The van der Waals surface area contributed by atoms with Crippen molar-refractivity contribution in [3.05, 3.63) is 41.0 Å². The van der Waals surface area contributed by atoms with E-state index < -0.39 is 5.97 Å². The number of carbonyl (C=O) groups excluding carboxylic acids is 2. The second-order valence-electron chi connectivity index (χ2n) is 4.82. The molecule has 0 saturated carbocycles. The summed E-state index contributed by atoms with van der Waals surface area (Å²) >= 11 is 0. The lowest BCUT2D eigenvalue weighted by Crippen LogP contribution is -2.50. The highest BCUT2D eigenvalue weighted by Gasteiger charge is 2.23. The number of carboxylic acid groups (broad SMARTS) is 1. The maximum atomic E-state index is 12.5. The van der Waals surface area contributed by atoms with Gasteiger partial charge in [0, 0.05) is 24.7 Å². The van der Waals surface area contributed by atoms with Crippen molar-refractivity contribution in [1.82, 2.24) is 10.2 Å². The molecule has 110 valence electrons. The van der Waals surface area contributed by atoms with Gasteiger partial charge in [-0.3, -0.25) is 9.59 Å². The number of rotatable bonds is 3. The molecule has 2 N–H and O–H groups in total. The zero-order valence-electron chi connectivity index (χ0n) is 11.6. The number of amides is 2. The summed E-state index contributed by atoms with van der Waals surface area (Å²) in [5, 5.41) is 11.3. The summed E-state index contributed by atoms with van der Waals surface area (Å²) in [6.07, 6.45) is 2.45. The lowest BCUT2D eigenvalue weighted by molar-refractivity contribution is -0.131. The number of nitrogens with one attached hydrogen (secondary N) is 1. The van der Waals surface area contributed by atoms with Crippen LogP contribution in [0, 0.1) is 6.92 Å². The second-order valence-corrected chi connectivity index (χ2v) is 4.82. The first-order valence-electron chi connectivity index (χ1n) is 6.55. The minimum atomic E-state index is -1.05. The van der Waals surface area contributed by atoms with Gasteiger partial charge in [-0.25, -0.2) is 4.79 Å². The fourth-order valence-corrected chi connectivity index (χ4v) is 2.12. The van der Waals surface area contributed by atoms with Gasteiger partial charge in [0.1, 0.15) is 0 Å². The van der Waals surface area contributed by atoms with E-state index in [1.165, 1.54) is 11.0 Å². The van der Waals surface area contributed by atoms with Crippen molar-refractivity contribution in [2.45, 2.75) is 6.92 Å². The molecule has 0 atom stereocenters. The molecule has 2 rings (SSSR count). The van der Waals surface area contributed by atoms with Gasteiger partial charge in [0.2, 0.25) is 5.91 Å². The van der Waals surface area contributed by atoms with Crippen molar-refractivity contribution in [2.24, 2.45) is 0 Å². The Labute approximate surface area is 122 Å². The van der Waals surface area contributed by atoms with Gasteiger partial charge in [-0.2, -0.15) is 0 Å². The highest BCUT2D eigenvalue weighted by Crippen LogP contribution is 2.15. The molecule has 6 nitrogen and oxygen atoms in total. The Hall–Kier alpha value is -2.63. The third-order valence-corrected chi connectivity index (χ3v) is 3.24. The van der Waals surface area contributed by atoms with Crippen LogP contribution < -0.4 is 5.32 Å². The van der Waals surface area contributed by atoms with Gasteiger partial charge in [0.05, 0.1) is 6.54 Å². The van der Waals surface area contributed by atoms with Gasteiger partial charge >= 0.3 is 5.97 Å². The summed E-state index contributed by atoms with van der Waals surface area (Å²) in [6, 6.07) is 5.15. The molecule has 1 aromatic rings. The van der Waals surface area contributed by atoms with Gasteiger partial charge < -0.3 is 15.3 Å². The van der Waals surface area contributed by atoms with E-state index in [-0.39, 0.29) is 18.4 Å². The third-order valence-electron chi connectivity index (χ3n) is 3.24. The van der Waals surface area contributed by atoms with Crippen LogP contribution in [0.25, 0.3) is 6.08 Å². The average molecular weight is 288 g/mol. The summed E-state index contributed by atoms with van der Waals surface area (Å²) in [5.41, 5.74) is 1.91. The normalized spacial score (nSPS) is 15.1. The molecule has 0 radical (unpaired) electrons. The number of piperazine rings is 1. The van der Waals surface area contributed by atoms with Crippen LogP contribution in [0.1, 0.15) is 21.5 Å². The van der Waals surface area contributed by atoms with Gasteiger partial charge in [0.25, 0.3) is 5.91 Å². The predicted molar refractivity (Wildman–Crippen MR) is 76.8 cm³/mol. The first-order chi connectivity index (χ1) is 9.97. The number of aryl methyl sites for hydroxylation is 1. The Morgan fingerprint density at radius 3 is 2.81 bits per heavy atom. The molecule has 1 aliphatic rings. The number of hydrogen-bond donors (Lipinski definition) is 2. The van der Waals surface area contributed by atoms with E-state index >= 15 is 0 Å². The second kappa shape index (κ2) is 6.21. The van der Waals surface area contributed by atoms with Gasteiger partial charge in [-0.15, -0.1) is 0 Å². The minimum Gasteiger partial charge on any atom is -0.478 e. The fourth-order valence-electron chi connectivity index (χ4n) is 2.12. The first kappa shape index (κ1) is 14.8. The molecule has 0 aliphatic carbocycles. The summed E-state index contributed by atoms with van der Waals surface area (Å²) in [5.74, 6) is -1.43. The average Bonchev–Trinajstić information content (AvgIpc) is 2.45. The van der Waals surface area contributed by atoms with Gasteiger partial charge in [0.15, 0.2) is 0 Å². The summed E-state index contributed by atoms with van der Waals surface area (Å²) in [4.78, 5) is 35.8. The fraction of sp³-hybridized carbons (Fsp3) is 0.267. The van der Waals surface area contributed by atoms with Crippen LogP contribution in [-0.2, 0) is 9.59 Å². The van der Waals surface area contributed by atoms with Crippen LogP contribution in [0.3, 0.4) is 0 Å². The number of hydrogen-bond acceptors (Lipinski definition) is 3. The third kappa shape index (κ3) is 3.68. The molecule has 1 saturated heterocycles. The van der Waals surface area contributed by atoms with Crippen molar-refractivity contribution in [3.8, 4) is 0 Å². The molecule has 0 bridgehead atoms. The summed E-state index contributed by atoms with van der Waals surface area (Å²) in [6.45, 7) is 2.77. The topological polar surface area (TPSA) is 86.7 Å². The lowest BCUT2D eigenvalue weighted by atomic mass is 10.0.